The molecule has 26 heavy (non-hydrogen) atoms. The molecular formula is C22H22F3N. The molecule has 4 heteroatoms. The molecule has 3 aromatic carbocycles. The van der Waals surface area contributed by atoms with Gasteiger partial charge in [0.25, 0.3) is 0 Å². The van der Waals surface area contributed by atoms with Crippen LogP contribution in [-0.4, -0.2) is 6.54 Å². The van der Waals surface area contributed by atoms with Gasteiger partial charge in [-0.2, -0.15) is 13.2 Å². The molecule has 0 aliphatic rings. The maximum absolute atomic E-state index is 12.8. The lowest BCUT2D eigenvalue weighted by molar-refractivity contribution is -0.137. The van der Waals surface area contributed by atoms with E-state index in [1.807, 2.05) is 12.1 Å². The maximum atomic E-state index is 12.8. The summed E-state index contributed by atoms with van der Waals surface area (Å²) in [6.07, 6.45) is -2.87. The molecule has 0 amide bonds. The predicted molar refractivity (Wildman–Crippen MR) is 100 cm³/mol. The van der Waals surface area contributed by atoms with Gasteiger partial charge in [0.15, 0.2) is 0 Å². The van der Waals surface area contributed by atoms with Crippen molar-refractivity contribution < 1.29 is 13.2 Å². The van der Waals surface area contributed by atoms with Gasteiger partial charge in [0.2, 0.25) is 0 Å². The normalized spacial score (nSPS) is 13.1. The van der Waals surface area contributed by atoms with E-state index in [0.717, 1.165) is 24.6 Å². The van der Waals surface area contributed by atoms with Crippen molar-refractivity contribution in [3.8, 4) is 0 Å². The molecule has 1 atom stereocenters. The SMILES string of the molecule is C[C@@H](NCCCc1cccc(C(F)(F)[18F])c1)c1cccc2ccccc12. The van der Waals surface area contributed by atoms with Crippen LogP contribution in [0, 0.1) is 0 Å². The molecule has 1 nitrogen and oxygen atoms in total. The van der Waals surface area contributed by atoms with Crippen molar-refractivity contribution in [3.63, 3.8) is 0 Å². The summed E-state index contributed by atoms with van der Waals surface area (Å²) < 4.78 is 38.3. The Balaban J connectivity index is 1.57. The van der Waals surface area contributed by atoms with Gasteiger partial charge in [0.05, 0.1) is 5.56 Å². The highest BCUT2D eigenvalue weighted by atomic mass is 19.3. The summed E-state index contributed by atoms with van der Waals surface area (Å²) in [6.45, 7) is 2.87. The van der Waals surface area contributed by atoms with E-state index in [9.17, 15) is 13.2 Å². The highest BCUT2D eigenvalue weighted by Gasteiger charge is 2.30. The fraction of sp³-hybridized carbons (Fsp3) is 0.273. The molecule has 0 aromatic heterocycles. The quantitative estimate of drug-likeness (QED) is 0.523. The Morgan fingerprint density at radius 2 is 1.65 bits per heavy atom. The van der Waals surface area contributed by atoms with Gasteiger partial charge in [0, 0.05) is 6.04 Å². The molecule has 1 N–H and O–H groups in total. The number of nitrogens with one attached hydrogen (secondary N) is 1. The predicted octanol–water partition coefficient (Wildman–Crippen LogP) is 6.14. The zero-order valence-electron chi connectivity index (χ0n) is 14.7. The molecule has 0 saturated carbocycles. The van der Waals surface area contributed by atoms with Crippen molar-refractivity contribution in [2.24, 2.45) is 0 Å². The minimum absolute atomic E-state index is 0.183. The number of rotatable bonds is 6. The minimum atomic E-state index is -4.28. The Labute approximate surface area is 151 Å². The number of hydrogen-bond donors (Lipinski definition) is 1. The third-order valence-corrected chi connectivity index (χ3v) is 4.64. The van der Waals surface area contributed by atoms with Crippen LogP contribution in [0.2, 0.25) is 0 Å². The van der Waals surface area contributed by atoms with E-state index in [1.54, 1.807) is 6.07 Å². The van der Waals surface area contributed by atoms with Crippen LogP contribution in [0.1, 0.15) is 36.1 Å². The second kappa shape index (κ2) is 7.92. The summed E-state index contributed by atoms with van der Waals surface area (Å²) in [5.41, 5.74) is 1.38. The maximum Gasteiger partial charge on any atom is 0.416 e. The van der Waals surface area contributed by atoms with E-state index in [2.05, 4.69) is 42.6 Å². The smallest absolute Gasteiger partial charge is 0.310 e. The fourth-order valence-corrected chi connectivity index (χ4v) is 3.25. The second-order valence-corrected chi connectivity index (χ2v) is 6.55. The first kappa shape index (κ1) is 18.5. The fourth-order valence-electron chi connectivity index (χ4n) is 3.25. The van der Waals surface area contributed by atoms with Crippen molar-refractivity contribution in [1.82, 2.24) is 5.32 Å². The lowest BCUT2D eigenvalue weighted by Gasteiger charge is -2.17. The molecule has 136 valence electrons. The van der Waals surface area contributed by atoms with Crippen LogP contribution in [-0.2, 0) is 12.6 Å². The van der Waals surface area contributed by atoms with Crippen LogP contribution in [0.4, 0.5) is 13.2 Å². The van der Waals surface area contributed by atoms with Gasteiger partial charge in [-0.1, -0.05) is 60.7 Å². The van der Waals surface area contributed by atoms with Crippen LogP contribution < -0.4 is 5.32 Å². The third-order valence-electron chi connectivity index (χ3n) is 4.64. The average molecular weight is 356 g/mol. The van der Waals surface area contributed by atoms with Crippen molar-refractivity contribution in [1.29, 1.82) is 0 Å². The van der Waals surface area contributed by atoms with Gasteiger partial charge >= 0.3 is 6.18 Å². The molecule has 3 rings (SSSR count). The number of alkyl halides is 3. The van der Waals surface area contributed by atoms with Crippen LogP contribution in [0.3, 0.4) is 0 Å². The number of fused-ring (bicyclic) bond motifs is 1. The van der Waals surface area contributed by atoms with E-state index in [0.29, 0.717) is 6.42 Å². The monoisotopic (exact) mass is 356 g/mol. The Hall–Kier alpha value is -2.33. The third kappa shape index (κ3) is 4.44. The first-order chi connectivity index (χ1) is 12.4. The molecule has 0 aliphatic carbocycles. The van der Waals surface area contributed by atoms with E-state index < -0.39 is 11.7 Å². The van der Waals surface area contributed by atoms with Gasteiger partial charge in [-0.3, -0.25) is 0 Å². The summed E-state index contributed by atoms with van der Waals surface area (Å²) in [5.74, 6) is 0. The van der Waals surface area contributed by atoms with Gasteiger partial charge in [-0.05, 0) is 54.3 Å². The second-order valence-electron chi connectivity index (χ2n) is 6.55. The standard InChI is InChI=1S/C22H22F3N/c1-16(20-13-5-10-18-9-2-3-12-21(18)20)26-14-6-8-17-7-4-11-19(15-17)22(23,24)25/h2-5,7,9-13,15-16,26H,6,8,14H2,1H3/t16-/m1/s1/i23-1. The highest BCUT2D eigenvalue weighted by Crippen LogP contribution is 2.29. The zero-order valence-corrected chi connectivity index (χ0v) is 14.7. The van der Waals surface area contributed by atoms with Crippen LogP contribution in [0.5, 0.6) is 0 Å². The van der Waals surface area contributed by atoms with E-state index in [-0.39, 0.29) is 6.04 Å². The summed E-state index contributed by atoms with van der Waals surface area (Å²) in [6, 6.07) is 20.3. The molecule has 0 saturated heterocycles. The van der Waals surface area contributed by atoms with E-state index >= 15 is 0 Å². The minimum Gasteiger partial charge on any atom is -0.310 e. The Morgan fingerprint density at radius 1 is 0.923 bits per heavy atom. The number of benzene rings is 3. The lowest BCUT2D eigenvalue weighted by Crippen LogP contribution is -2.20. The molecule has 0 fully saturated rings. The molecule has 0 unspecified atom stereocenters. The van der Waals surface area contributed by atoms with Crippen LogP contribution in [0.15, 0.2) is 66.7 Å². The molecule has 0 heterocycles. The number of hydrogen-bond acceptors (Lipinski definition) is 1. The zero-order chi connectivity index (χ0) is 18.6. The van der Waals surface area contributed by atoms with Crippen molar-refractivity contribution in [3.05, 3.63) is 83.4 Å². The Morgan fingerprint density at radius 3 is 2.46 bits per heavy atom. The van der Waals surface area contributed by atoms with E-state index in [4.69, 9.17) is 0 Å². The molecule has 0 bridgehead atoms. The molecule has 0 radical (unpaired) electrons. The first-order valence-corrected chi connectivity index (χ1v) is 8.82. The van der Waals surface area contributed by atoms with Crippen molar-refractivity contribution >= 4 is 10.8 Å². The van der Waals surface area contributed by atoms with Gasteiger partial charge in [-0.15, -0.1) is 0 Å². The topological polar surface area (TPSA) is 12.0 Å². The Bertz CT molecular complexity index is 865. The summed E-state index contributed by atoms with van der Waals surface area (Å²) >= 11 is 0. The molecular weight excluding hydrogens is 334 g/mol. The molecule has 0 aliphatic heterocycles. The van der Waals surface area contributed by atoms with Crippen LogP contribution >= 0.6 is 0 Å². The largest absolute Gasteiger partial charge is 0.416 e. The van der Waals surface area contributed by atoms with Crippen molar-refractivity contribution in [2.75, 3.05) is 6.54 Å². The molecule has 0 spiro atoms. The lowest BCUT2D eigenvalue weighted by atomic mass is 9.99. The van der Waals surface area contributed by atoms with Gasteiger partial charge in [-0.25, -0.2) is 0 Å². The number of aryl methyl sites for hydroxylation is 1. The van der Waals surface area contributed by atoms with Crippen LogP contribution in [0.25, 0.3) is 10.8 Å². The Kier molecular flexibility index (Phi) is 5.62. The number of halogens is 3. The summed E-state index contributed by atoms with van der Waals surface area (Å²) in [4.78, 5) is 0. The highest BCUT2D eigenvalue weighted by molar-refractivity contribution is 5.86. The summed E-state index contributed by atoms with van der Waals surface area (Å²) in [5, 5.41) is 5.92. The van der Waals surface area contributed by atoms with Gasteiger partial charge in [0.1, 0.15) is 0 Å². The van der Waals surface area contributed by atoms with Crippen molar-refractivity contribution in [2.45, 2.75) is 32.0 Å². The molecule has 3 aromatic rings. The average Bonchev–Trinajstić information content (AvgIpc) is 2.64. The summed E-state index contributed by atoms with van der Waals surface area (Å²) in [7, 11) is 0. The first-order valence-electron chi connectivity index (χ1n) is 8.82. The van der Waals surface area contributed by atoms with E-state index in [1.165, 1.54) is 28.5 Å². The van der Waals surface area contributed by atoms with Gasteiger partial charge < -0.3 is 5.32 Å².